The second-order valence-corrected chi connectivity index (χ2v) is 4.82. The van der Waals surface area contributed by atoms with E-state index in [-0.39, 0.29) is 24.1 Å². The van der Waals surface area contributed by atoms with Crippen molar-refractivity contribution in [1.82, 2.24) is 0 Å². The van der Waals surface area contributed by atoms with E-state index in [1.807, 2.05) is 0 Å². The summed E-state index contributed by atoms with van der Waals surface area (Å²) in [5.41, 5.74) is 0.657. The van der Waals surface area contributed by atoms with Gasteiger partial charge in [-0.25, -0.2) is 0 Å². The van der Waals surface area contributed by atoms with E-state index in [1.54, 1.807) is 24.3 Å². The second kappa shape index (κ2) is 5.80. The van der Waals surface area contributed by atoms with Crippen LogP contribution in [0.25, 0.3) is 0 Å². The van der Waals surface area contributed by atoms with Crippen molar-refractivity contribution in [3.05, 3.63) is 29.8 Å². The summed E-state index contributed by atoms with van der Waals surface area (Å²) < 4.78 is 5.45. The first-order valence-electron chi connectivity index (χ1n) is 6.43. The Kier molecular flexibility index (Phi) is 4.13. The van der Waals surface area contributed by atoms with E-state index in [2.05, 4.69) is 0 Å². The first kappa shape index (κ1) is 12.8. The van der Waals surface area contributed by atoms with Crippen molar-refractivity contribution < 1.29 is 14.3 Å². The lowest BCUT2D eigenvalue weighted by molar-refractivity contribution is -0.124. The van der Waals surface area contributed by atoms with E-state index in [0.717, 1.165) is 25.7 Å². The van der Waals surface area contributed by atoms with Gasteiger partial charge in [0.2, 0.25) is 0 Å². The van der Waals surface area contributed by atoms with Crippen LogP contribution in [0.4, 0.5) is 0 Å². The Morgan fingerprint density at radius 3 is 2.33 bits per heavy atom. The largest absolute Gasteiger partial charge is 0.486 e. The van der Waals surface area contributed by atoms with Gasteiger partial charge >= 0.3 is 0 Å². The summed E-state index contributed by atoms with van der Waals surface area (Å²) in [5.74, 6) is 1.07. The number of benzene rings is 1. The van der Waals surface area contributed by atoms with Crippen LogP contribution in [0.5, 0.6) is 5.75 Å². The third-order valence-electron chi connectivity index (χ3n) is 3.45. The molecule has 0 heterocycles. The summed E-state index contributed by atoms with van der Waals surface area (Å²) >= 11 is 0. The number of carbonyl (C=O) groups is 2. The van der Waals surface area contributed by atoms with Gasteiger partial charge in [0, 0.05) is 11.5 Å². The van der Waals surface area contributed by atoms with Crippen LogP contribution >= 0.6 is 0 Å². The first-order valence-corrected chi connectivity index (χ1v) is 6.43. The molecule has 3 heteroatoms. The van der Waals surface area contributed by atoms with Crippen LogP contribution in [0.1, 0.15) is 43.0 Å². The maximum absolute atomic E-state index is 11.8. The number of rotatable bonds is 5. The number of Topliss-reactive ketones (excluding diaryl/α,β-unsaturated/α-hetero) is 2. The Morgan fingerprint density at radius 2 is 1.78 bits per heavy atom. The molecule has 1 saturated carbocycles. The van der Waals surface area contributed by atoms with E-state index < -0.39 is 0 Å². The van der Waals surface area contributed by atoms with E-state index in [9.17, 15) is 9.59 Å². The maximum atomic E-state index is 11.8. The molecule has 1 aliphatic carbocycles. The number of hydrogen-bond donors (Lipinski definition) is 0. The van der Waals surface area contributed by atoms with Gasteiger partial charge in [-0.1, -0.05) is 12.8 Å². The maximum Gasteiger partial charge on any atom is 0.173 e. The number of ketones is 2. The molecule has 1 aromatic carbocycles. The van der Waals surface area contributed by atoms with Crippen molar-refractivity contribution in [2.75, 3.05) is 6.61 Å². The van der Waals surface area contributed by atoms with Gasteiger partial charge < -0.3 is 4.74 Å². The molecule has 0 aliphatic heterocycles. The number of ether oxygens (including phenoxy) is 1. The highest BCUT2D eigenvalue weighted by atomic mass is 16.5. The molecule has 0 radical (unpaired) electrons. The molecule has 1 fully saturated rings. The van der Waals surface area contributed by atoms with Crippen LogP contribution in [0.3, 0.4) is 0 Å². The van der Waals surface area contributed by atoms with Gasteiger partial charge in [0.25, 0.3) is 0 Å². The summed E-state index contributed by atoms with van der Waals surface area (Å²) in [6, 6.07) is 6.91. The topological polar surface area (TPSA) is 43.4 Å². The van der Waals surface area contributed by atoms with Crippen LogP contribution in [-0.4, -0.2) is 18.2 Å². The quantitative estimate of drug-likeness (QED) is 0.750. The van der Waals surface area contributed by atoms with Gasteiger partial charge in [-0.2, -0.15) is 0 Å². The highest BCUT2D eigenvalue weighted by molar-refractivity contribution is 5.94. The smallest absolute Gasteiger partial charge is 0.173 e. The lowest BCUT2D eigenvalue weighted by Gasteiger charge is -2.09. The van der Waals surface area contributed by atoms with Crippen molar-refractivity contribution in [2.24, 2.45) is 5.92 Å². The predicted octanol–water partition coefficient (Wildman–Crippen LogP) is 3.03. The zero-order valence-corrected chi connectivity index (χ0v) is 10.6. The molecule has 1 aliphatic rings. The molecular formula is C15H18O3. The van der Waals surface area contributed by atoms with E-state index in [1.165, 1.54) is 6.92 Å². The molecule has 1 aromatic rings. The molecule has 2 rings (SSSR count). The Balaban J connectivity index is 1.86. The van der Waals surface area contributed by atoms with Gasteiger partial charge in [-0.05, 0) is 44.0 Å². The van der Waals surface area contributed by atoms with E-state index in [4.69, 9.17) is 4.74 Å². The fourth-order valence-corrected chi connectivity index (χ4v) is 2.31. The van der Waals surface area contributed by atoms with Gasteiger partial charge in [0.1, 0.15) is 12.4 Å². The summed E-state index contributed by atoms with van der Waals surface area (Å²) in [7, 11) is 0. The molecule has 0 spiro atoms. The molecule has 0 unspecified atom stereocenters. The van der Waals surface area contributed by atoms with Crippen LogP contribution in [0, 0.1) is 5.92 Å². The minimum atomic E-state index is 0.0311. The average Bonchev–Trinajstić information content (AvgIpc) is 2.90. The van der Waals surface area contributed by atoms with Crippen LogP contribution in [0.2, 0.25) is 0 Å². The molecular weight excluding hydrogens is 228 g/mol. The minimum absolute atomic E-state index is 0.0311. The third-order valence-corrected chi connectivity index (χ3v) is 3.45. The molecule has 96 valence electrons. The Morgan fingerprint density at radius 1 is 1.17 bits per heavy atom. The Labute approximate surface area is 107 Å². The minimum Gasteiger partial charge on any atom is -0.486 e. The molecule has 0 atom stereocenters. The highest BCUT2D eigenvalue weighted by Crippen LogP contribution is 2.25. The van der Waals surface area contributed by atoms with Gasteiger partial charge in [-0.15, -0.1) is 0 Å². The van der Waals surface area contributed by atoms with E-state index in [0.29, 0.717) is 11.3 Å². The summed E-state index contributed by atoms with van der Waals surface area (Å²) in [6.07, 6.45) is 4.32. The summed E-state index contributed by atoms with van der Waals surface area (Å²) in [6.45, 7) is 1.67. The average molecular weight is 246 g/mol. The molecule has 0 bridgehead atoms. The number of hydrogen-bond acceptors (Lipinski definition) is 3. The van der Waals surface area contributed by atoms with Gasteiger partial charge in [0.15, 0.2) is 11.6 Å². The van der Waals surface area contributed by atoms with Crippen molar-refractivity contribution in [2.45, 2.75) is 32.6 Å². The Hall–Kier alpha value is -1.64. The van der Waals surface area contributed by atoms with Gasteiger partial charge in [0.05, 0.1) is 0 Å². The molecule has 0 saturated heterocycles. The van der Waals surface area contributed by atoms with Crippen LogP contribution in [-0.2, 0) is 4.79 Å². The predicted molar refractivity (Wildman–Crippen MR) is 68.9 cm³/mol. The van der Waals surface area contributed by atoms with Crippen molar-refractivity contribution in [1.29, 1.82) is 0 Å². The van der Waals surface area contributed by atoms with Crippen LogP contribution < -0.4 is 4.74 Å². The summed E-state index contributed by atoms with van der Waals surface area (Å²) in [5, 5.41) is 0. The molecule has 0 N–H and O–H groups in total. The SMILES string of the molecule is CC(=O)c1ccc(OCC(=O)C2CCCC2)cc1. The van der Waals surface area contributed by atoms with Gasteiger partial charge in [-0.3, -0.25) is 9.59 Å². The summed E-state index contributed by atoms with van der Waals surface area (Å²) in [4.78, 5) is 22.9. The van der Waals surface area contributed by atoms with Crippen molar-refractivity contribution >= 4 is 11.6 Å². The normalized spacial score (nSPS) is 15.6. The zero-order valence-electron chi connectivity index (χ0n) is 10.6. The zero-order chi connectivity index (χ0) is 13.0. The standard InChI is InChI=1S/C15H18O3/c1-11(16)12-6-8-14(9-7-12)18-10-15(17)13-4-2-3-5-13/h6-9,13H,2-5,10H2,1H3. The van der Waals surface area contributed by atoms with Crippen molar-refractivity contribution in [3.63, 3.8) is 0 Å². The van der Waals surface area contributed by atoms with E-state index >= 15 is 0 Å². The molecule has 18 heavy (non-hydrogen) atoms. The Bertz CT molecular complexity index is 428. The lowest BCUT2D eigenvalue weighted by atomic mass is 10.0. The molecule has 0 amide bonds. The van der Waals surface area contributed by atoms with Crippen molar-refractivity contribution in [3.8, 4) is 5.75 Å². The molecule has 0 aromatic heterocycles. The fourth-order valence-electron chi connectivity index (χ4n) is 2.31. The lowest BCUT2D eigenvalue weighted by Crippen LogP contribution is -2.19. The molecule has 3 nitrogen and oxygen atoms in total. The highest BCUT2D eigenvalue weighted by Gasteiger charge is 2.22. The van der Waals surface area contributed by atoms with Crippen LogP contribution in [0.15, 0.2) is 24.3 Å². The monoisotopic (exact) mass is 246 g/mol. The number of carbonyl (C=O) groups excluding carboxylic acids is 2. The third kappa shape index (κ3) is 3.19. The fraction of sp³-hybridized carbons (Fsp3) is 0.467. The second-order valence-electron chi connectivity index (χ2n) is 4.82. The first-order chi connectivity index (χ1) is 8.66.